The van der Waals surface area contributed by atoms with Gasteiger partial charge in [0.25, 0.3) is 0 Å². The zero-order chi connectivity index (χ0) is 12.1. The first-order valence-corrected chi connectivity index (χ1v) is 6.01. The highest BCUT2D eigenvalue weighted by molar-refractivity contribution is 14.1. The molecule has 1 aromatic carbocycles. The first-order valence-electron chi connectivity index (χ1n) is 4.52. The van der Waals surface area contributed by atoms with Crippen LogP contribution in [0.25, 0.3) is 0 Å². The molecule has 6 heteroatoms. The smallest absolute Gasteiger partial charge is 0.326 e. The first-order chi connectivity index (χ1) is 7.49. The van der Waals surface area contributed by atoms with E-state index in [0.717, 1.165) is 9.13 Å². The van der Waals surface area contributed by atoms with Crippen molar-refractivity contribution >= 4 is 45.9 Å². The highest BCUT2D eigenvalue weighted by Gasteiger charge is 2.17. The number of halogens is 1. The van der Waals surface area contributed by atoms with E-state index in [4.69, 9.17) is 10.8 Å². The van der Waals surface area contributed by atoms with Crippen molar-refractivity contribution in [3.05, 3.63) is 33.4 Å². The summed E-state index contributed by atoms with van der Waals surface area (Å²) in [5.74, 6) is -0.966. The summed E-state index contributed by atoms with van der Waals surface area (Å²) in [5, 5.41) is 11.5. The van der Waals surface area contributed by atoms with Crippen molar-refractivity contribution in [1.82, 2.24) is 5.32 Å². The number of rotatable bonds is 4. The van der Waals surface area contributed by atoms with E-state index in [-0.39, 0.29) is 5.11 Å². The largest absolute Gasteiger partial charge is 0.480 e. The van der Waals surface area contributed by atoms with Gasteiger partial charge >= 0.3 is 5.97 Å². The molecule has 16 heavy (non-hydrogen) atoms. The van der Waals surface area contributed by atoms with E-state index < -0.39 is 12.0 Å². The van der Waals surface area contributed by atoms with Crippen molar-refractivity contribution in [3.63, 3.8) is 0 Å². The van der Waals surface area contributed by atoms with Gasteiger partial charge in [0, 0.05) is 9.99 Å². The maximum absolute atomic E-state index is 10.9. The lowest BCUT2D eigenvalue weighted by Gasteiger charge is -2.14. The van der Waals surface area contributed by atoms with Gasteiger partial charge in [-0.15, -0.1) is 0 Å². The first kappa shape index (κ1) is 13.2. The molecule has 0 heterocycles. The Balaban J connectivity index is 2.71. The van der Waals surface area contributed by atoms with Gasteiger partial charge in [0.15, 0.2) is 5.11 Å². The minimum atomic E-state index is -0.966. The van der Waals surface area contributed by atoms with Crippen LogP contribution in [0, 0.1) is 3.57 Å². The summed E-state index contributed by atoms with van der Waals surface area (Å²) in [6, 6.07) is 6.85. The topological polar surface area (TPSA) is 75.3 Å². The Kier molecular flexibility index (Phi) is 4.94. The van der Waals surface area contributed by atoms with E-state index in [2.05, 4.69) is 40.1 Å². The standard InChI is InChI=1S/C10H11IN2O2S/c11-7-3-1-6(2-4-7)5-8(9(14)15)13-10(12)16/h1-4,8H,5H2,(H,14,15)(H3,12,13,16). The van der Waals surface area contributed by atoms with E-state index >= 15 is 0 Å². The number of nitrogens with one attached hydrogen (secondary N) is 1. The van der Waals surface area contributed by atoms with E-state index in [9.17, 15) is 4.79 Å². The fourth-order valence-electron chi connectivity index (χ4n) is 1.23. The summed E-state index contributed by atoms with van der Waals surface area (Å²) < 4.78 is 1.11. The number of carboxylic acid groups (broad SMARTS) is 1. The Labute approximate surface area is 112 Å². The molecule has 1 unspecified atom stereocenters. The molecule has 4 N–H and O–H groups in total. The van der Waals surface area contributed by atoms with Crippen molar-refractivity contribution in [2.75, 3.05) is 0 Å². The second kappa shape index (κ2) is 6.00. The Bertz CT molecular complexity index is 394. The number of hydrogen-bond donors (Lipinski definition) is 3. The van der Waals surface area contributed by atoms with Crippen molar-refractivity contribution in [2.45, 2.75) is 12.5 Å². The predicted molar refractivity (Wildman–Crippen MR) is 74.2 cm³/mol. The number of carboxylic acids is 1. The Morgan fingerprint density at radius 3 is 2.50 bits per heavy atom. The molecular weight excluding hydrogens is 339 g/mol. The Hall–Kier alpha value is -0.890. The van der Waals surface area contributed by atoms with Gasteiger partial charge in [-0.2, -0.15) is 0 Å². The van der Waals surface area contributed by atoms with Gasteiger partial charge < -0.3 is 16.2 Å². The number of nitrogens with two attached hydrogens (primary N) is 1. The van der Waals surface area contributed by atoms with Crippen LogP contribution in [0.3, 0.4) is 0 Å². The molecule has 0 radical (unpaired) electrons. The molecule has 0 fully saturated rings. The van der Waals surface area contributed by atoms with Crippen LogP contribution in [-0.4, -0.2) is 22.2 Å². The number of aliphatic carboxylic acids is 1. The third-order valence-corrected chi connectivity index (χ3v) is 2.80. The van der Waals surface area contributed by atoms with Crippen LogP contribution in [0.1, 0.15) is 5.56 Å². The van der Waals surface area contributed by atoms with Crippen molar-refractivity contribution in [1.29, 1.82) is 0 Å². The van der Waals surface area contributed by atoms with Gasteiger partial charge in [0.1, 0.15) is 6.04 Å². The quantitative estimate of drug-likeness (QED) is 0.561. The fourth-order valence-corrected chi connectivity index (χ4v) is 1.73. The molecule has 0 saturated heterocycles. The molecule has 86 valence electrons. The molecule has 1 atom stereocenters. The van der Waals surface area contributed by atoms with Crippen LogP contribution in [0.2, 0.25) is 0 Å². The molecule has 4 nitrogen and oxygen atoms in total. The highest BCUT2D eigenvalue weighted by Crippen LogP contribution is 2.09. The normalized spacial score (nSPS) is 11.8. The molecule has 0 amide bonds. The molecular formula is C10H11IN2O2S. The molecule has 0 bridgehead atoms. The predicted octanol–water partition coefficient (Wildman–Crippen LogP) is 1.12. The van der Waals surface area contributed by atoms with Crippen LogP contribution < -0.4 is 11.1 Å². The molecule has 0 spiro atoms. The molecule has 0 aliphatic carbocycles. The van der Waals surface area contributed by atoms with Crippen LogP contribution >= 0.6 is 34.8 Å². The molecule has 1 aromatic rings. The third kappa shape index (κ3) is 4.31. The van der Waals surface area contributed by atoms with Gasteiger partial charge in [-0.05, 0) is 52.5 Å². The van der Waals surface area contributed by atoms with E-state index in [0.29, 0.717) is 6.42 Å². The monoisotopic (exact) mass is 350 g/mol. The summed E-state index contributed by atoms with van der Waals surface area (Å²) in [6.07, 6.45) is 0.351. The third-order valence-electron chi connectivity index (χ3n) is 1.97. The maximum Gasteiger partial charge on any atom is 0.326 e. The van der Waals surface area contributed by atoms with E-state index in [1.54, 1.807) is 0 Å². The minimum absolute atomic E-state index is 0.00193. The van der Waals surface area contributed by atoms with Crippen molar-refractivity contribution in [2.24, 2.45) is 5.73 Å². The van der Waals surface area contributed by atoms with Crippen LogP contribution in [0.5, 0.6) is 0 Å². The van der Waals surface area contributed by atoms with Gasteiger partial charge in [-0.1, -0.05) is 12.1 Å². The van der Waals surface area contributed by atoms with Crippen LogP contribution in [0.4, 0.5) is 0 Å². The number of carbonyl (C=O) groups is 1. The lowest BCUT2D eigenvalue weighted by atomic mass is 10.1. The molecule has 0 aliphatic heterocycles. The lowest BCUT2D eigenvalue weighted by Crippen LogP contribution is -2.44. The summed E-state index contributed by atoms with van der Waals surface area (Å²) in [7, 11) is 0. The zero-order valence-electron chi connectivity index (χ0n) is 8.31. The van der Waals surface area contributed by atoms with Crippen LogP contribution in [-0.2, 0) is 11.2 Å². The summed E-state index contributed by atoms with van der Waals surface area (Å²) in [5.41, 5.74) is 6.19. The number of hydrogen-bond acceptors (Lipinski definition) is 2. The second-order valence-electron chi connectivity index (χ2n) is 3.23. The Morgan fingerprint density at radius 2 is 2.06 bits per heavy atom. The summed E-state index contributed by atoms with van der Waals surface area (Å²) >= 11 is 6.82. The van der Waals surface area contributed by atoms with Gasteiger partial charge in [0.05, 0.1) is 0 Å². The molecule has 0 saturated carbocycles. The average molecular weight is 350 g/mol. The van der Waals surface area contributed by atoms with Gasteiger partial charge in [0.2, 0.25) is 0 Å². The van der Waals surface area contributed by atoms with Crippen molar-refractivity contribution < 1.29 is 9.90 Å². The molecule has 1 rings (SSSR count). The second-order valence-corrected chi connectivity index (χ2v) is 4.92. The summed E-state index contributed by atoms with van der Waals surface area (Å²) in [4.78, 5) is 10.9. The number of benzene rings is 1. The van der Waals surface area contributed by atoms with Crippen LogP contribution in [0.15, 0.2) is 24.3 Å². The van der Waals surface area contributed by atoms with Crippen molar-refractivity contribution in [3.8, 4) is 0 Å². The lowest BCUT2D eigenvalue weighted by molar-refractivity contribution is -0.139. The average Bonchev–Trinajstić information content (AvgIpc) is 2.19. The Morgan fingerprint density at radius 1 is 1.50 bits per heavy atom. The molecule has 0 aromatic heterocycles. The number of thiocarbonyl (C=S) groups is 1. The van der Waals surface area contributed by atoms with E-state index in [1.807, 2.05) is 24.3 Å². The maximum atomic E-state index is 10.9. The van der Waals surface area contributed by atoms with Gasteiger partial charge in [-0.25, -0.2) is 4.79 Å². The SMILES string of the molecule is NC(=S)NC(Cc1ccc(I)cc1)C(=O)O. The van der Waals surface area contributed by atoms with Gasteiger partial charge in [-0.3, -0.25) is 0 Å². The van der Waals surface area contributed by atoms with E-state index in [1.165, 1.54) is 0 Å². The highest BCUT2D eigenvalue weighted by atomic mass is 127. The molecule has 0 aliphatic rings. The fraction of sp³-hybridized carbons (Fsp3) is 0.200. The minimum Gasteiger partial charge on any atom is -0.480 e. The summed E-state index contributed by atoms with van der Waals surface area (Å²) in [6.45, 7) is 0. The zero-order valence-corrected chi connectivity index (χ0v) is 11.3.